The number of hydrogen-bond acceptors (Lipinski definition) is 4. The molecule has 2 amide bonds. The monoisotopic (exact) mass is 438 g/mol. The molecular formula is C25H31FN4O2. The first kappa shape index (κ1) is 23.4. The maximum absolute atomic E-state index is 14.2. The highest BCUT2D eigenvalue weighted by atomic mass is 19.1. The lowest BCUT2D eigenvalue weighted by molar-refractivity contribution is -0.128. The molecule has 3 aliphatic heterocycles. The molecule has 2 aromatic carbocycles. The van der Waals surface area contributed by atoms with Gasteiger partial charge in [0.25, 0.3) is 5.91 Å². The zero-order valence-electron chi connectivity index (χ0n) is 18.7. The number of carbonyl (C=O) groups is 2. The van der Waals surface area contributed by atoms with Gasteiger partial charge in [0, 0.05) is 24.1 Å². The van der Waals surface area contributed by atoms with E-state index < -0.39 is 0 Å². The Morgan fingerprint density at radius 3 is 2.69 bits per heavy atom. The van der Waals surface area contributed by atoms with Crippen molar-refractivity contribution in [2.24, 2.45) is 10.7 Å². The van der Waals surface area contributed by atoms with Crippen LogP contribution in [-0.2, 0) is 24.3 Å². The van der Waals surface area contributed by atoms with E-state index in [0.717, 1.165) is 36.8 Å². The van der Waals surface area contributed by atoms with Crippen molar-refractivity contribution in [3.63, 3.8) is 0 Å². The summed E-state index contributed by atoms with van der Waals surface area (Å²) < 4.78 is 14.2. The van der Waals surface area contributed by atoms with Crippen LogP contribution >= 0.6 is 0 Å². The molecule has 0 fully saturated rings. The van der Waals surface area contributed by atoms with Gasteiger partial charge in [0.05, 0.1) is 12.6 Å². The summed E-state index contributed by atoms with van der Waals surface area (Å²) >= 11 is 0. The largest absolute Gasteiger partial charge is 0.369 e. The second kappa shape index (κ2) is 10.9. The van der Waals surface area contributed by atoms with Gasteiger partial charge in [-0.3, -0.25) is 14.5 Å². The molecule has 6 nitrogen and oxygen atoms in total. The molecule has 0 aliphatic carbocycles. The van der Waals surface area contributed by atoms with Crippen LogP contribution in [0.15, 0.2) is 47.5 Å². The van der Waals surface area contributed by atoms with Crippen molar-refractivity contribution >= 4 is 17.8 Å². The van der Waals surface area contributed by atoms with Crippen molar-refractivity contribution in [2.45, 2.75) is 65.1 Å². The van der Waals surface area contributed by atoms with E-state index in [2.05, 4.69) is 10.3 Å². The number of fused-ring (bicyclic) bond motifs is 6. The number of benzene rings is 2. The average molecular weight is 439 g/mol. The molecule has 5 rings (SSSR count). The number of aryl methyl sites for hydroxylation is 1. The lowest BCUT2D eigenvalue weighted by Gasteiger charge is -2.29. The normalized spacial score (nSPS) is 19.2. The van der Waals surface area contributed by atoms with E-state index >= 15 is 0 Å². The van der Waals surface area contributed by atoms with Gasteiger partial charge in [-0.2, -0.15) is 0 Å². The lowest BCUT2D eigenvalue weighted by Crippen LogP contribution is -2.46. The summed E-state index contributed by atoms with van der Waals surface area (Å²) in [5.74, 6) is -0.438. The van der Waals surface area contributed by atoms with E-state index in [1.807, 2.05) is 26.0 Å². The van der Waals surface area contributed by atoms with Crippen molar-refractivity contribution in [2.75, 3.05) is 0 Å². The summed E-state index contributed by atoms with van der Waals surface area (Å²) in [6.45, 7) is 4.38. The SMILES string of the molecule is CC.NC1=NC2CCCCc3ccc(F)c(c3)CNC(=O)c3cccc(c3)CN1C(=O)C2. The van der Waals surface area contributed by atoms with Crippen LogP contribution in [0.1, 0.15) is 66.6 Å². The molecule has 1 unspecified atom stereocenters. The van der Waals surface area contributed by atoms with Gasteiger partial charge in [0.2, 0.25) is 5.91 Å². The summed E-state index contributed by atoms with van der Waals surface area (Å²) in [6, 6.07) is 11.9. The van der Waals surface area contributed by atoms with Crippen LogP contribution in [0.25, 0.3) is 0 Å². The Morgan fingerprint density at radius 1 is 1.09 bits per heavy atom. The Labute approximate surface area is 188 Å². The minimum absolute atomic E-state index is 0.0494. The van der Waals surface area contributed by atoms with Crippen molar-refractivity contribution < 1.29 is 14.0 Å². The minimum atomic E-state index is -0.323. The van der Waals surface area contributed by atoms with Gasteiger partial charge in [0.15, 0.2) is 5.96 Å². The molecule has 3 N–H and O–H groups in total. The second-order valence-corrected chi connectivity index (χ2v) is 7.88. The number of rotatable bonds is 0. The molecule has 0 saturated carbocycles. The van der Waals surface area contributed by atoms with Gasteiger partial charge in [-0.15, -0.1) is 0 Å². The fraction of sp³-hybridized carbons (Fsp3) is 0.400. The Kier molecular flexibility index (Phi) is 7.98. The topological polar surface area (TPSA) is 87.8 Å². The fourth-order valence-electron chi connectivity index (χ4n) is 3.98. The number of nitrogens with two attached hydrogens (primary N) is 1. The zero-order chi connectivity index (χ0) is 23.1. The maximum Gasteiger partial charge on any atom is 0.251 e. The number of carbonyl (C=O) groups excluding carboxylic acids is 2. The average Bonchev–Trinajstić information content (AvgIpc) is 2.80. The number of nitrogens with zero attached hydrogens (tertiary/aromatic N) is 2. The first-order valence-electron chi connectivity index (χ1n) is 11.3. The number of aliphatic imine (C=N–C) groups is 1. The first-order valence-corrected chi connectivity index (χ1v) is 11.3. The number of halogens is 1. The highest BCUT2D eigenvalue weighted by Gasteiger charge is 2.27. The molecular weight excluding hydrogens is 407 g/mol. The molecule has 6 bridgehead atoms. The molecule has 0 saturated heterocycles. The zero-order valence-corrected chi connectivity index (χ0v) is 18.7. The summed E-state index contributed by atoms with van der Waals surface area (Å²) in [7, 11) is 0. The third kappa shape index (κ3) is 5.72. The quantitative estimate of drug-likeness (QED) is 0.653. The first-order chi connectivity index (χ1) is 15.5. The van der Waals surface area contributed by atoms with Gasteiger partial charge in [-0.1, -0.05) is 44.5 Å². The van der Waals surface area contributed by atoms with Crippen LogP contribution in [0.3, 0.4) is 0 Å². The predicted octanol–water partition coefficient (Wildman–Crippen LogP) is 3.92. The molecule has 3 heterocycles. The van der Waals surface area contributed by atoms with E-state index in [9.17, 15) is 14.0 Å². The third-order valence-electron chi connectivity index (χ3n) is 5.63. The van der Waals surface area contributed by atoms with Gasteiger partial charge in [-0.25, -0.2) is 9.38 Å². The standard InChI is InChI=1S/C23H25FN4O2.C2H6/c24-20-9-8-15-4-1-2-7-19-12-21(29)28(23(25)27-19)14-16-5-3-6-17(11-16)22(30)26-13-18(20)10-15;1-2/h3,5-6,8-11,19H,1-2,4,7,12-14H2,(H2,25,27)(H,26,30);1-2H3. The van der Waals surface area contributed by atoms with Crippen molar-refractivity contribution in [3.05, 3.63) is 70.5 Å². The lowest BCUT2D eigenvalue weighted by atomic mass is 10.00. The van der Waals surface area contributed by atoms with Crippen LogP contribution in [0, 0.1) is 5.82 Å². The molecule has 170 valence electrons. The number of nitrogens with one attached hydrogen (secondary N) is 1. The molecule has 0 aromatic heterocycles. The molecule has 3 aliphatic rings. The smallest absolute Gasteiger partial charge is 0.251 e. The van der Waals surface area contributed by atoms with Crippen LogP contribution in [-0.4, -0.2) is 28.7 Å². The van der Waals surface area contributed by atoms with E-state index in [0.29, 0.717) is 17.5 Å². The molecule has 32 heavy (non-hydrogen) atoms. The fourth-order valence-corrected chi connectivity index (χ4v) is 3.98. The molecule has 0 spiro atoms. The predicted molar refractivity (Wildman–Crippen MR) is 123 cm³/mol. The summed E-state index contributed by atoms with van der Waals surface area (Å²) in [6.07, 6.45) is 3.74. The summed E-state index contributed by atoms with van der Waals surface area (Å²) in [5, 5.41) is 2.79. The number of guanidine groups is 1. The Morgan fingerprint density at radius 2 is 1.91 bits per heavy atom. The van der Waals surface area contributed by atoms with Crippen LogP contribution in [0.4, 0.5) is 4.39 Å². The molecule has 2 aromatic rings. The van der Waals surface area contributed by atoms with Gasteiger partial charge in [-0.05, 0) is 48.6 Å². The van der Waals surface area contributed by atoms with E-state index in [4.69, 9.17) is 5.73 Å². The van der Waals surface area contributed by atoms with Gasteiger partial charge < -0.3 is 11.1 Å². The number of amides is 2. The van der Waals surface area contributed by atoms with Gasteiger partial charge >= 0.3 is 0 Å². The maximum atomic E-state index is 14.2. The summed E-state index contributed by atoms with van der Waals surface area (Å²) in [5.41, 5.74) is 8.82. The Balaban J connectivity index is 0.00000141. The van der Waals surface area contributed by atoms with Gasteiger partial charge in [0.1, 0.15) is 5.82 Å². The van der Waals surface area contributed by atoms with Crippen LogP contribution < -0.4 is 11.1 Å². The second-order valence-electron chi connectivity index (χ2n) is 7.88. The third-order valence-corrected chi connectivity index (χ3v) is 5.63. The van der Waals surface area contributed by atoms with E-state index in [1.165, 1.54) is 11.0 Å². The minimum Gasteiger partial charge on any atom is -0.369 e. The van der Waals surface area contributed by atoms with Crippen molar-refractivity contribution in [1.82, 2.24) is 10.2 Å². The highest BCUT2D eigenvalue weighted by molar-refractivity contribution is 5.98. The number of hydrogen-bond donors (Lipinski definition) is 2. The molecule has 0 radical (unpaired) electrons. The van der Waals surface area contributed by atoms with Crippen LogP contribution in [0.2, 0.25) is 0 Å². The van der Waals surface area contributed by atoms with Crippen LogP contribution in [0.5, 0.6) is 0 Å². The summed E-state index contributed by atoms with van der Waals surface area (Å²) in [4.78, 5) is 31.2. The Bertz CT molecular complexity index is 1010. The van der Waals surface area contributed by atoms with E-state index in [-0.39, 0.29) is 42.7 Å². The van der Waals surface area contributed by atoms with Crippen molar-refractivity contribution in [1.29, 1.82) is 0 Å². The van der Waals surface area contributed by atoms with Crippen molar-refractivity contribution in [3.8, 4) is 0 Å². The Hall–Kier alpha value is -3.22. The molecule has 7 heteroatoms. The molecule has 1 atom stereocenters. The van der Waals surface area contributed by atoms with E-state index in [1.54, 1.807) is 24.3 Å². The highest BCUT2D eigenvalue weighted by Crippen LogP contribution is 2.20.